The zero-order chi connectivity index (χ0) is 15.9. The molecule has 2 saturated carbocycles. The summed E-state index contributed by atoms with van der Waals surface area (Å²) in [5.41, 5.74) is 0.428. The van der Waals surface area contributed by atoms with Crippen molar-refractivity contribution in [2.24, 2.45) is 5.92 Å². The number of rotatable bonds is 4. The second-order valence-corrected chi connectivity index (χ2v) is 8.42. The van der Waals surface area contributed by atoms with Gasteiger partial charge in [-0.3, -0.25) is 9.52 Å². The Morgan fingerprint density at radius 3 is 2.45 bits per heavy atom. The zero-order valence-electron chi connectivity index (χ0n) is 11.9. The number of hydrogen-bond donors (Lipinski definition) is 1. The average Bonchev–Trinajstić information content (AvgIpc) is 2.26. The summed E-state index contributed by atoms with van der Waals surface area (Å²) >= 11 is 5.73. The van der Waals surface area contributed by atoms with Gasteiger partial charge < -0.3 is 0 Å². The molecule has 0 radical (unpaired) electrons. The number of benzene rings is 1. The van der Waals surface area contributed by atoms with E-state index in [0.717, 1.165) is 6.42 Å². The summed E-state index contributed by atoms with van der Waals surface area (Å²) in [7, 11) is -3.58. The van der Waals surface area contributed by atoms with Crippen LogP contribution in [-0.4, -0.2) is 19.6 Å². The molecule has 7 heteroatoms. The fraction of sp³-hybridized carbons (Fsp3) is 0.533. The van der Waals surface area contributed by atoms with E-state index in [1.165, 1.54) is 6.07 Å². The molecule has 0 bridgehead atoms. The summed E-state index contributed by atoms with van der Waals surface area (Å²) in [6.45, 7) is 0. The molecule has 22 heavy (non-hydrogen) atoms. The van der Waals surface area contributed by atoms with Crippen molar-refractivity contribution in [2.45, 2.75) is 43.3 Å². The Balaban J connectivity index is 1.71. The van der Waals surface area contributed by atoms with Crippen LogP contribution in [0.1, 0.15) is 43.6 Å². The van der Waals surface area contributed by atoms with Crippen molar-refractivity contribution in [3.63, 3.8) is 0 Å². The van der Waals surface area contributed by atoms with Crippen LogP contribution in [0.5, 0.6) is 0 Å². The highest BCUT2D eigenvalue weighted by Crippen LogP contribution is 2.44. The van der Waals surface area contributed by atoms with Crippen LogP contribution in [0.25, 0.3) is 0 Å². The highest BCUT2D eigenvalue weighted by atomic mass is 35.5. The first kappa shape index (κ1) is 15.7. The van der Waals surface area contributed by atoms with Gasteiger partial charge in [0, 0.05) is 10.9 Å². The van der Waals surface area contributed by atoms with Gasteiger partial charge in [-0.05, 0) is 49.3 Å². The maximum atomic E-state index is 14.0. The van der Waals surface area contributed by atoms with Crippen molar-refractivity contribution in [2.75, 3.05) is 0 Å². The van der Waals surface area contributed by atoms with E-state index in [0.29, 0.717) is 36.3 Å². The van der Waals surface area contributed by atoms with E-state index in [4.69, 9.17) is 11.6 Å². The van der Waals surface area contributed by atoms with E-state index in [9.17, 15) is 17.6 Å². The SMILES string of the molecule is O=C(NS(=O)(=O)C1CCC1)C1CCC1c1ccc(Cl)cc1F. The Kier molecular flexibility index (Phi) is 4.16. The number of carbonyl (C=O) groups is 1. The molecule has 2 fully saturated rings. The van der Waals surface area contributed by atoms with Gasteiger partial charge in [-0.15, -0.1) is 0 Å². The topological polar surface area (TPSA) is 63.2 Å². The lowest BCUT2D eigenvalue weighted by Crippen LogP contribution is -2.47. The van der Waals surface area contributed by atoms with Gasteiger partial charge in [-0.25, -0.2) is 12.8 Å². The maximum Gasteiger partial charge on any atom is 0.237 e. The fourth-order valence-electron chi connectivity index (χ4n) is 2.97. The molecule has 1 N–H and O–H groups in total. The third-order valence-electron chi connectivity index (χ3n) is 4.71. The molecule has 0 heterocycles. The van der Waals surface area contributed by atoms with Crippen LogP contribution in [0.2, 0.25) is 5.02 Å². The van der Waals surface area contributed by atoms with Crippen LogP contribution in [0.3, 0.4) is 0 Å². The van der Waals surface area contributed by atoms with Crippen LogP contribution < -0.4 is 4.72 Å². The first-order valence-electron chi connectivity index (χ1n) is 7.39. The number of nitrogens with one attached hydrogen (secondary N) is 1. The second-order valence-electron chi connectivity index (χ2n) is 6.02. The molecule has 0 spiro atoms. The molecular weight excluding hydrogens is 329 g/mol. The first-order chi connectivity index (χ1) is 10.4. The minimum atomic E-state index is -3.58. The monoisotopic (exact) mass is 345 g/mol. The molecule has 2 aliphatic rings. The van der Waals surface area contributed by atoms with Gasteiger partial charge in [-0.2, -0.15) is 0 Å². The third kappa shape index (κ3) is 2.86. The standard InChI is InChI=1S/C15H17ClFNO3S/c16-9-4-5-12(14(17)8-9)11-6-7-13(11)15(19)18-22(20,21)10-2-1-3-10/h4-5,8,10-11,13H,1-3,6-7H2,(H,18,19). The number of sulfonamides is 1. The summed E-state index contributed by atoms with van der Waals surface area (Å²) in [5, 5.41) is -0.156. The molecule has 0 aliphatic heterocycles. The summed E-state index contributed by atoms with van der Waals surface area (Å²) < 4.78 is 40.1. The van der Waals surface area contributed by atoms with Crippen LogP contribution in [-0.2, 0) is 14.8 Å². The third-order valence-corrected chi connectivity index (χ3v) is 6.78. The van der Waals surface area contributed by atoms with E-state index in [1.807, 2.05) is 0 Å². The van der Waals surface area contributed by atoms with Gasteiger partial charge in [-0.1, -0.05) is 24.1 Å². The van der Waals surface area contributed by atoms with Crippen molar-refractivity contribution >= 4 is 27.5 Å². The van der Waals surface area contributed by atoms with Gasteiger partial charge >= 0.3 is 0 Å². The van der Waals surface area contributed by atoms with Crippen LogP contribution in [0.4, 0.5) is 4.39 Å². The molecule has 0 saturated heterocycles. The van der Waals surface area contributed by atoms with Crippen LogP contribution in [0.15, 0.2) is 18.2 Å². The Morgan fingerprint density at radius 2 is 1.95 bits per heavy atom. The number of carbonyl (C=O) groups excluding carboxylic acids is 1. The van der Waals surface area contributed by atoms with E-state index in [1.54, 1.807) is 12.1 Å². The van der Waals surface area contributed by atoms with Crippen molar-refractivity contribution in [1.82, 2.24) is 4.72 Å². The molecule has 2 atom stereocenters. The molecule has 1 amide bonds. The summed E-state index contributed by atoms with van der Waals surface area (Å²) in [6, 6.07) is 4.37. The Labute approximate surface area is 134 Å². The average molecular weight is 346 g/mol. The molecule has 1 aromatic carbocycles. The van der Waals surface area contributed by atoms with Gasteiger partial charge in [0.25, 0.3) is 0 Å². The predicted molar refractivity (Wildman–Crippen MR) is 81.6 cm³/mol. The Bertz CT molecular complexity index is 703. The van der Waals surface area contributed by atoms with Gasteiger partial charge in [0.1, 0.15) is 5.82 Å². The summed E-state index contributed by atoms with van der Waals surface area (Å²) in [4.78, 5) is 12.2. The van der Waals surface area contributed by atoms with Crippen molar-refractivity contribution < 1.29 is 17.6 Å². The minimum absolute atomic E-state index is 0.283. The lowest BCUT2D eigenvalue weighted by molar-refractivity contribution is -0.126. The molecule has 120 valence electrons. The molecule has 3 rings (SSSR count). The van der Waals surface area contributed by atoms with Crippen LogP contribution in [0, 0.1) is 11.7 Å². The van der Waals surface area contributed by atoms with Crippen molar-refractivity contribution in [1.29, 1.82) is 0 Å². The maximum absolute atomic E-state index is 14.0. The van der Waals surface area contributed by atoms with Crippen molar-refractivity contribution in [3.05, 3.63) is 34.6 Å². The predicted octanol–water partition coefficient (Wildman–Crippen LogP) is 2.97. The normalized spacial score (nSPS) is 25.2. The quantitative estimate of drug-likeness (QED) is 0.912. The molecule has 2 aliphatic carbocycles. The van der Waals surface area contributed by atoms with E-state index < -0.39 is 32.9 Å². The summed E-state index contributed by atoms with van der Waals surface area (Å²) in [5.74, 6) is -1.74. The Hall–Kier alpha value is -1.14. The Morgan fingerprint density at radius 1 is 1.23 bits per heavy atom. The van der Waals surface area contributed by atoms with E-state index in [-0.39, 0.29) is 5.92 Å². The molecule has 4 nitrogen and oxygen atoms in total. The number of amides is 1. The lowest BCUT2D eigenvalue weighted by atomic mass is 9.69. The highest BCUT2D eigenvalue weighted by molar-refractivity contribution is 7.90. The summed E-state index contributed by atoms with van der Waals surface area (Å²) in [6.07, 6.45) is 3.31. The van der Waals surface area contributed by atoms with Crippen LogP contribution >= 0.6 is 11.6 Å². The second kappa shape index (κ2) is 5.81. The molecular formula is C15H17ClFNO3S. The first-order valence-corrected chi connectivity index (χ1v) is 9.31. The number of hydrogen-bond acceptors (Lipinski definition) is 3. The number of halogens is 2. The smallest absolute Gasteiger partial charge is 0.237 e. The lowest BCUT2D eigenvalue weighted by Gasteiger charge is -2.36. The van der Waals surface area contributed by atoms with Crippen molar-refractivity contribution in [3.8, 4) is 0 Å². The highest BCUT2D eigenvalue weighted by Gasteiger charge is 2.41. The molecule has 2 unspecified atom stereocenters. The fourth-order valence-corrected chi connectivity index (χ4v) is 4.68. The minimum Gasteiger partial charge on any atom is -0.274 e. The molecule has 0 aromatic heterocycles. The zero-order valence-corrected chi connectivity index (χ0v) is 13.5. The van der Waals surface area contributed by atoms with E-state index in [2.05, 4.69) is 4.72 Å². The van der Waals surface area contributed by atoms with Gasteiger partial charge in [0.15, 0.2) is 0 Å². The van der Waals surface area contributed by atoms with Gasteiger partial charge in [0.2, 0.25) is 15.9 Å². The largest absolute Gasteiger partial charge is 0.274 e. The molecule has 1 aromatic rings. The van der Waals surface area contributed by atoms with Gasteiger partial charge in [0.05, 0.1) is 5.25 Å². The van der Waals surface area contributed by atoms with E-state index >= 15 is 0 Å².